The molecule has 7 heteroatoms. The van der Waals surface area contributed by atoms with Crippen molar-refractivity contribution in [2.75, 3.05) is 7.11 Å². The maximum Gasteiger partial charge on any atom is 0.300 e. The zero-order valence-corrected chi connectivity index (χ0v) is 11.4. The molecule has 98 valence electrons. The molecule has 1 aromatic carbocycles. The van der Waals surface area contributed by atoms with Gasteiger partial charge in [0, 0.05) is 13.0 Å². The summed E-state index contributed by atoms with van der Waals surface area (Å²) in [5.74, 6) is -0.185. The van der Waals surface area contributed by atoms with Crippen molar-refractivity contribution in [3.05, 3.63) is 44.5 Å². The van der Waals surface area contributed by atoms with E-state index in [0.29, 0.717) is 5.75 Å². The van der Waals surface area contributed by atoms with E-state index in [9.17, 15) is 10.1 Å². The molecule has 0 saturated carbocycles. The first-order chi connectivity index (χ1) is 8.36. The van der Waals surface area contributed by atoms with Crippen LogP contribution in [0, 0.1) is 10.1 Å². The summed E-state index contributed by atoms with van der Waals surface area (Å²) in [7, 11) is 1.54. The summed E-state index contributed by atoms with van der Waals surface area (Å²) in [5.41, 5.74) is 0.724. The Morgan fingerprint density at radius 2 is 2.11 bits per heavy atom. The number of aliphatic carboxylic acids is 1. The van der Waals surface area contributed by atoms with E-state index in [1.807, 2.05) is 0 Å². The fraction of sp³-hybridized carbons (Fsp3) is 0.182. The number of carboxylic acids is 1. The number of hydrogen-bond donors (Lipinski definition) is 1. The molecule has 0 saturated heterocycles. The fourth-order valence-corrected chi connectivity index (χ4v) is 1.34. The molecule has 1 N–H and O–H groups in total. The number of rotatable bonds is 3. The molecule has 18 heavy (non-hydrogen) atoms. The van der Waals surface area contributed by atoms with Gasteiger partial charge in [0.1, 0.15) is 5.75 Å². The zero-order chi connectivity index (χ0) is 14.1. The third-order valence-electron chi connectivity index (χ3n) is 1.56. The van der Waals surface area contributed by atoms with Crippen molar-refractivity contribution < 1.29 is 19.6 Å². The Bertz CT molecular complexity index is 455. The van der Waals surface area contributed by atoms with Crippen LogP contribution in [0.3, 0.4) is 0 Å². The Morgan fingerprint density at radius 1 is 1.56 bits per heavy atom. The fourth-order valence-electron chi connectivity index (χ4n) is 0.927. The summed E-state index contributed by atoms with van der Waals surface area (Å²) in [6.45, 7) is 1.08. The molecule has 0 fully saturated rings. The predicted octanol–water partition coefficient (Wildman–Crippen LogP) is 2.80. The van der Waals surface area contributed by atoms with Gasteiger partial charge >= 0.3 is 0 Å². The maximum atomic E-state index is 10.1. The number of nitro groups is 1. The van der Waals surface area contributed by atoms with Crippen LogP contribution in [0.1, 0.15) is 12.5 Å². The van der Waals surface area contributed by atoms with E-state index in [2.05, 4.69) is 15.9 Å². The number of benzene rings is 1. The Balaban J connectivity index is 0.000000631. The molecular weight excluding hydrogens is 306 g/mol. The molecule has 1 rings (SSSR count). The minimum atomic E-state index is -0.833. The first kappa shape index (κ1) is 16.1. The largest absolute Gasteiger partial charge is 0.496 e. The van der Waals surface area contributed by atoms with Crippen molar-refractivity contribution >= 4 is 28.0 Å². The highest BCUT2D eigenvalue weighted by molar-refractivity contribution is 9.10. The second kappa shape index (κ2) is 8.24. The average Bonchev–Trinajstić information content (AvgIpc) is 2.27. The van der Waals surface area contributed by atoms with Gasteiger partial charge in [-0.25, -0.2) is 0 Å². The third kappa shape index (κ3) is 7.39. The van der Waals surface area contributed by atoms with E-state index in [4.69, 9.17) is 14.6 Å². The van der Waals surface area contributed by atoms with E-state index in [1.54, 1.807) is 25.3 Å². The minimum absolute atomic E-state index is 0.505. The number of nitrogens with zero attached hydrogens (tertiary/aromatic N) is 1. The summed E-state index contributed by atoms with van der Waals surface area (Å²) in [6, 6.07) is 5.25. The first-order valence-electron chi connectivity index (χ1n) is 4.71. The van der Waals surface area contributed by atoms with Gasteiger partial charge in [0.15, 0.2) is 0 Å². The van der Waals surface area contributed by atoms with E-state index < -0.39 is 10.9 Å². The smallest absolute Gasteiger partial charge is 0.300 e. The van der Waals surface area contributed by atoms with Gasteiger partial charge in [0.25, 0.3) is 5.97 Å². The van der Waals surface area contributed by atoms with Crippen molar-refractivity contribution in [2.45, 2.75) is 6.92 Å². The number of carboxylic acid groups (broad SMARTS) is 1. The number of carbonyl (C=O) groups is 1. The topological polar surface area (TPSA) is 89.7 Å². The van der Waals surface area contributed by atoms with Crippen molar-refractivity contribution in [1.82, 2.24) is 0 Å². The van der Waals surface area contributed by atoms with Gasteiger partial charge in [-0.2, -0.15) is 0 Å². The van der Waals surface area contributed by atoms with Crippen LogP contribution >= 0.6 is 15.9 Å². The summed E-state index contributed by atoms with van der Waals surface area (Å²) >= 11 is 3.29. The molecule has 0 aliphatic rings. The Labute approximate surface area is 112 Å². The first-order valence-corrected chi connectivity index (χ1v) is 5.51. The van der Waals surface area contributed by atoms with Crippen molar-refractivity contribution in [3.63, 3.8) is 0 Å². The average molecular weight is 318 g/mol. The second-order valence-electron chi connectivity index (χ2n) is 3.01. The van der Waals surface area contributed by atoms with Crippen molar-refractivity contribution in [2.24, 2.45) is 0 Å². The highest BCUT2D eigenvalue weighted by atomic mass is 79.9. The maximum absolute atomic E-state index is 10.1. The lowest BCUT2D eigenvalue weighted by molar-refractivity contribution is -0.400. The lowest BCUT2D eigenvalue weighted by Crippen LogP contribution is -1.86. The lowest BCUT2D eigenvalue weighted by Gasteiger charge is -2.02. The molecule has 0 bridgehead atoms. The van der Waals surface area contributed by atoms with Gasteiger partial charge in [-0.1, -0.05) is 6.07 Å². The quantitative estimate of drug-likeness (QED) is 0.683. The summed E-state index contributed by atoms with van der Waals surface area (Å²) < 4.78 is 5.86. The molecule has 0 unspecified atom stereocenters. The SMILES string of the molecule is CC(=O)O.COc1cc(/C=C/[N+](=O)[O-])ccc1Br. The molecule has 1 aromatic rings. The van der Waals surface area contributed by atoms with Crippen LogP contribution in [0.4, 0.5) is 0 Å². The molecule has 0 amide bonds. The number of methoxy groups -OCH3 is 1. The predicted molar refractivity (Wildman–Crippen MR) is 70.0 cm³/mol. The monoisotopic (exact) mass is 317 g/mol. The molecule has 0 atom stereocenters. The Morgan fingerprint density at radius 3 is 2.56 bits per heavy atom. The summed E-state index contributed by atoms with van der Waals surface area (Å²) in [6.07, 6.45) is 2.30. The van der Waals surface area contributed by atoms with Gasteiger partial charge in [-0.05, 0) is 33.6 Å². The van der Waals surface area contributed by atoms with Crippen molar-refractivity contribution in [1.29, 1.82) is 0 Å². The zero-order valence-electron chi connectivity index (χ0n) is 9.79. The summed E-state index contributed by atoms with van der Waals surface area (Å²) in [4.78, 5) is 18.6. The van der Waals surface area contributed by atoms with Crippen LogP contribution in [-0.4, -0.2) is 23.1 Å². The van der Waals surface area contributed by atoms with Crippen LogP contribution in [0.2, 0.25) is 0 Å². The van der Waals surface area contributed by atoms with Gasteiger partial charge < -0.3 is 9.84 Å². The molecule has 0 aromatic heterocycles. The standard InChI is InChI=1S/C9H8BrNO3.C2H4O2/c1-14-9-6-7(2-3-8(9)10)4-5-11(12)13;1-2(3)4/h2-6H,1H3;1H3,(H,3,4)/b5-4+;. The third-order valence-corrected chi connectivity index (χ3v) is 2.22. The van der Waals surface area contributed by atoms with Crippen LogP contribution in [0.25, 0.3) is 6.08 Å². The highest BCUT2D eigenvalue weighted by Gasteiger charge is 1.99. The Hall–Kier alpha value is -1.89. The molecule has 0 aliphatic heterocycles. The van der Waals surface area contributed by atoms with E-state index in [0.717, 1.165) is 23.2 Å². The second-order valence-corrected chi connectivity index (χ2v) is 3.87. The van der Waals surface area contributed by atoms with E-state index >= 15 is 0 Å². The number of hydrogen-bond acceptors (Lipinski definition) is 4. The number of ether oxygens (including phenoxy) is 1. The van der Waals surface area contributed by atoms with E-state index in [1.165, 1.54) is 6.08 Å². The minimum Gasteiger partial charge on any atom is -0.496 e. The highest BCUT2D eigenvalue weighted by Crippen LogP contribution is 2.25. The van der Waals surface area contributed by atoms with E-state index in [-0.39, 0.29) is 0 Å². The Kier molecular flexibility index (Phi) is 7.37. The molecule has 6 nitrogen and oxygen atoms in total. The molecule has 0 aliphatic carbocycles. The van der Waals surface area contributed by atoms with Crippen LogP contribution in [-0.2, 0) is 4.79 Å². The van der Waals surface area contributed by atoms with Gasteiger partial charge in [0.05, 0.1) is 16.5 Å². The van der Waals surface area contributed by atoms with Crippen LogP contribution < -0.4 is 4.74 Å². The number of halogens is 1. The van der Waals surface area contributed by atoms with Crippen molar-refractivity contribution in [3.8, 4) is 5.75 Å². The van der Waals surface area contributed by atoms with Crippen LogP contribution in [0.15, 0.2) is 28.9 Å². The molecule has 0 radical (unpaired) electrons. The molecule has 0 spiro atoms. The summed E-state index contributed by atoms with van der Waals surface area (Å²) in [5, 5.41) is 17.5. The molecular formula is C11H12BrNO5. The van der Waals surface area contributed by atoms with Gasteiger partial charge in [-0.15, -0.1) is 0 Å². The molecule has 0 heterocycles. The van der Waals surface area contributed by atoms with Crippen LogP contribution in [0.5, 0.6) is 5.75 Å². The van der Waals surface area contributed by atoms with Gasteiger partial charge in [-0.3, -0.25) is 14.9 Å². The normalized spacial score (nSPS) is 9.50. The lowest BCUT2D eigenvalue weighted by atomic mass is 10.2. The van der Waals surface area contributed by atoms with Gasteiger partial charge in [0.2, 0.25) is 6.20 Å².